The fraction of sp³-hybridized carbons (Fsp3) is 0.0833. The van der Waals surface area contributed by atoms with E-state index in [0.29, 0.717) is 16.9 Å². The summed E-state index contributed by atoms with van der Waals surface area (Å²) in [6.45, 7) is 0. The fourth-order valence-electron chi connectivity index (χ4n) is 3.53. The molecule has 0 atom stereocenters. The molecule has 0 saturated carbocycles. The van der Waals surface area contributed by atoms with Gasteiger partial charge >= 0.3 is 5.97 Å². The number of anilines is 1. The van der Waals surface area contributed by atoms with Gasteiger partial charge in [0.1, 0.15) is 5.82 Å². The molecule has 0 unspecified atom stereocenters. The maximum Gasteiger partial charge on any atom is 0.338 e. The highest BCUT2D eigenvalue weighted by atomic mass is 19.1. The zero-order valence-electron chi connectivity index (χ0n) is 16.1. The second-order valence-electron chi connectivity index (χ2n) is 6.99. The molecule has 0 amide bonds. The van der Waals surface area contributed by atoms with E-state index in [-0.39, 0.29) is 10.9 Å². The summed E-state index contributed by atoms with van der Waals surface area (Å²) in [6.07, 6.45) is 0. The molecule has 3 aromatic carbocycles. The van der Waals surface area contributed by atoms with Gasteiger partial charge in [-0.15, -0.1) is 0 Å². The maximum absolute atomic E-state index is 13.8. The van der Waals surface area contributed by atoms with Gasteiger partial charge < -0.3 is 10.0 Å². The summed E-state index contributed by atoms with van der Waals surface area (Å²) in [5.74, 6) is -1.61. The first-order chi connectivity index (χ1) is 14.0. The van der Waals surface area contributed by atoms with Crippen molar-refractivity contribution < 1.29 is 14.3 Å². The highest BCUT2D eigenvalue weighted by molar-refractivity contribution is 6.10. The Bertz CT molecular complexity index is 1200. The highest BCUT2D eigenvalue weighted by Crippen LogP contribution is 2.37. The Labute approximate surface area is 167 Å². The number of hydrogen-bond acceptors (Lipinski definition) is 3. The summed E-state index contributed by atoms with van der Waals surface area (Å²) >= 11 is 0. The molecule has 5 heteroatoms. The minimum atomic E-state index is -1.12. The molecule has 0 radical (unpaired) electrons. The predicted octanol–water partition coefficient (Wildman–Crippen LogP) is 5.47. The molecule has 1 N–H and O–H groups in total. The Balaban J connectivity index is 1.94. The van der Waals surface area contributed by atoms with E-state index in [4.69, 9.17) is 0 Å². The second-order valence-corrected chi connectivity index (χ2v) is 6.99. The van der Waals surface area contributed by atoms with Gasteiger partial charge in [0.15, 0.2) is 0 Å². The van der Waals surface area contributed by atoms with Crippen LogP contribution in [0.1, 0.15) is 10.4 Å². The van der Waals surface area contributed by atoms with Crippen LogP contribution in [0, 0.1) is 5.82 Å². The van der Waals surface area contributed by atoms with Crippen LogP contribution in [0.25, 0.3) is 33.3 Å². The Morgan fingerprint density at radius 3 is 2.14 bits per heavy atom. The molecule has 0 aliphatic carbocycles. The van der Waals surface area contributed by atoms with Crippen LogP contribution < -0.4 is 4.90 Å². The van der Waals surface area contributed by atoms with Crippen molar-refractivity contribution in [2.45, 2.75) is 0 Å². The zero-order chi connectivity index (χ0) is 20.5. The third-order valence-electron chi connectivity index (χ3n) is 4.85. The molecule has 0 aliphatic rings. The first-order valence-corrected chi connectivity index (χ1v) is 9.15. The molecule has 29 heavy (non-hydrogen) atoms. The number of pyridine rings is 1. The number of carboxylic acids is 1. The number of aromatic carboxylic acids is 1. The Hall–Kier alpha value is -3.73. The lowest BCUT2D eigenvalue weighted by atomic mass is 9.98. The minimum absolute atomic E-state index is 0.0432. The largest absolute Gasteiger partial charge is 0.478 e. The lowest BCUT2D eigenvalue weighted by molar-refractivity contribution is 0.0699. The Kier molecular flexibility index (Phi) is 4.72. The van der Waals surface area contributed by atoms with Crippen molar-refractivity contribution in [3.05, 3.63) is 84.2 Å². The van der Waals surface area contributed by atoms with Crippen LogP contribution in [0.2, 0.25) is 0 Å². The first kappa shape index (κ1) is 18.6. The molecule has 0 aliphatic heterocycles. The van der Waals surface area contributed by atoms with Gasteiger partial charge in [0.25, 0.3) is 0 Å². The average Bonchev–Trinajstić information content (AvgIpc) is 2.73. The van der Waals surface area contributed by atoms with Gasteiger partial charge in [-0.2, -0.15) is 0 Å². The van der Waals surface area contributed by atoms with Gasteiger partial charge in [0.2, 0.25) is 0 Å². The fourth-order valence-corrected chi connectivity index (χ4v) is 3.53. The Morgan fingerprint density at radius 2 is 1.52 bits per heavy atom. The molecule has 0 bridgehead atoms. The molecule has 144 valence electrons. The number of benzene rings is 3. The monoisotopic (exact) mass is 386 g/mol. The van der Waals surface area contributed by atoms with Crippen LogP contribution in [0.4, 0.5) is 10.1 Å². The third kappa shape index (κ3) is 3.43. The smallest absolute Gasteiger partial charge is 0.338 e. The van der Waals surface area contributed by atoms with E-state index in [9.17, 15) is 14.3 Å². The van der Waals surface area contributed by atoms with Crippen molar-refractivity contribution in [1.29, 1.82) is 0 Å². The van der Waals surface area contributed by atoms with E-state index in [0.717, 1.165) is 16.7 Å². The van der Waals surface area contributed by atoms with Crippen molar-refractivity contribution in [2.75, 3.05) is 19.0 Å². The van der Waals surface area contributed by atoms with Gasteiger partial charge in [0, 0.05) is 25.0 Å². The SMILES string of the molecule is CN(C)c1c(-c2ccc(-c3ccccc3)cc2)nc2ccc(F)cc2c1C(=O)O. The molecule has 1 heterocycles. The quantitative estimate of drug-likeness (QED) is 0.505. The Morgan fingerprint density at radius 1 is 0.897 bits per heavy atom. The topological polar surface area (TPSA) is 53.4 Å². The van der Waals surface area contributed by atoms with Gasteiger partial charge in [-0.05, 0) is 29.3 Å². The van der Waals surface area contributed by atoms with E-state index in [2.05, 4.69) is 4.98 Å². The average molecular weight is 386 g/mol. The van der Waals surface area contributed by atoms with Crippen LogP contribution in [-0.2, 0) is 0 Å². The molecule has 0 saturated heterocycles. The summed E-state index contributed by atoms with van der Waals surface area (Å²) in [5, 5.41) is 10.2. The van der Waals surface area contributed by atoms with Crippen molar-refractivity contribution in [3.63, 3.8) is 0 Å². The number of hydrogen-bond donors (Lipinski definition) is 1. The number of fused-ring (bicyclic) bond motifs is 1. The number of rotatable bonds is 4. The maximum atomic E-state index is 13.8. The van der Waals surface area contributed by atoms with Crippen molar-refractivity contribution >= 4 is 22.6 Å². The summed E-state index contributed by atoms with van der Waals surface area (Å²) in [4.78, 5) is 18.5. The number of carboxylic acid groups (broad SMARTS) is 1. The molecule has 0 spiro atoms. The molecule has 1 aromatic heterocycles. The number of nitrogens with zero attached hydrogens (tertiary/aromatic N) is 2. The summed E-state index contributed by atoms with van der Waals surface area (Å²) < 4.78 is 13.8. The van der Waals surface area contributed by atoms with Gasteiger partial charge in [-0.1, -0.05) is 54.6 Å². The van der Waals surface area contributed by atoms with E-state index < -0.39 is 11.8 Å². The first-order valence-electron chi connectivity index (χ1n) is 9.15. The molecular weight excluding hydrogens is 367 g/mol. The van der Waals surface area contributed by atoms with Crippen LogP contribution in [-0.4, -0.2) is 30.2 Å². The summed E-state index contributed by atoms with van der Waals surface area (Å²) in [5.41, 5.74) is 4.43. The van der Waals surface area contributed by atoms with Gasteiger partial charge in [-0.3, -0.25) is 0 Å². The number of carbonyl (C=O) groups is 1. The van der Waals surface area contributed by atoms with Crippen molar-refractivity contribution in [2.24, 2.45) is 0 Å². The lowest BCUT2D eigenvalue weighted by Crippen LogP contribution is -2.17. The van der Waals surface area contributed by atoms with Crippen LogP contribution in [0.15, 0.2) is 72.8 Å². The molecular formula is C24H19FN2O2. The van der Waals surface area contributed by atoms with Crippen LogP contribution in [0.3, 0.4) is 0 Å². The lowest BCUT2D eigenvalue weighted by Gasteiger charge is -2.21. The molecule has 4 nitrogen and oxygen atoms in total. The standard InChI is InChI=1S/C24H19FN2O2/c1-27(2)23-21(24(28)29)19-14-18(25)12-13-20(19)26-22(23)17-10-8-16(9-11-17)15-6-4-3-5-7-15/h3-14H,1-2H3,(H,28,29). The van der Waals surface area contributed by atoms with Crippen LogP contribution in [0.5, 0.6) is 0 Å². The van der Waals surface area contributed by atoms with Gasteiger partial charge in [-0.25, -0.2) is 14.2 Å². The normalized spacial score (nSPS) is 10.9. The van der Waals surface area contributed by atoms with Crippen molar-refractivity contribution in [3.8, 4) is 22.4 Å². The van der Waals surface area contributed by atoms with E-state index in [1.54, 1.807) is 19.0 Å². The van der Waals surface area contributed by atoms with E-state index >= 15 is 0 Å². The highest BCUT2D eigenvalue weighted by Gasteiger charge is 2.23. The number of aromatic nitrogens is 1. The van der Waals surface area contributed by atoms with Gasteiger partial charge in [0.05, 0.1) is 22.5 Å². The second kappa shape index (κ2) is 7.36. The molecule has 4 aromatic rings. The molecule has 4 rings (SSSR count). The predicted molar refractivity (Wildman–Crippen MR) is 114 cm³/mol. The third-order valence-corrected chi connectivity index (χ3v) is 4.85. The van der Waals surface area contributed by atoms with Crippen molar-refractivity contribution in [1.82, 2.24) is 4.98 Å². The minimum Gasteiger partial charge on any atom is -0.478 e. The summed E-state index contributed by atoms with van der Waals surface area (Å²) in [7, 11) is 3.52. The summed E-state index contributed by atoms with van der Waals surface area (Å²) in [6, 6.07) is 21.9. The van der Waals surface area contributed by atoms with Crippen LogP contribution >= 0.6 is 0 Å². The van der Waals surface area contributed by atoms with E-state index in [1.165, 1.54) is 18.2 Å². The number of halogens is 1. The molecule has 0 fully saturated rings. The van der Waals surface area contributed by atoms with E-state index in [1.807, 2.05) is 54.6 Å². The zero-order valence-corrected chi connectivity index (χ0v) is 16.1.